The summed E-state index contributed by atoms with van der Waals surface area (Å²) in [5.41, 5.74) is 4.35. The molecule has 31 heavy (non-hydrogen) atoms. The number of thiol groups is 1. The Bertz CT molecular complexity index is 1190. The van der Waals surface area contributed by atoms with Crippen molar-refractivity contribution in [2.75, 3.05) is 13.6 Å². The Morgan fingerprint density at radius 1 is 1.29 bits per heavy atom. The van der Waals surface area contributed by atoms with Gasteiger partial charge in [0.05, 0.1) is 23.2 Å². The van der Waals surface area contributed by atoms with Crippen LogP contribution in [-0.2, 0) is 17.4 Å². The number of hydrogen-bond donors (Lipinski definition) is 2. The van der Waals surface area contributed by atoms with Crippen LogP contribution < -0.4 is 5.32 Å². The lowest BCUT2D eigenvalue weighted by Crippen LogP contribution is -2.23. The normalized spacial score (nSPS) is 14.0. The Hall–Kier alpha value is -2.71. The Morgan fingerprint density at radius 3 is 2.58 bits per heavy atom. The third-order valence-corrected chi connectivity index (χ3v) is 6.36. The summed E-state index contributed by atoms with van der Waals surface area (Å²) in [4.78, 5) is 17.5. The predicted octanol–water partition coefficient (Wildman–Crippen LogP) is 3.59. The second-order valence-corrected chi connectivity index (χ2v) is 8.92. The van der Waals surface area contributed by atoms with Crippen molar-refractivity contribution < 1.29 is 17.6 Å². The summed E-state index contributed by atoms with van der Waals surface area (Å²) in [5, 5.41) is 3.35. The summed E-state index contributed by atoms with van der Waals surface area (Å²) in [6.07, 6.45) is 2.53. The van der Waals surface area contributed by atoms with Gasteiger partial charge in [0.15, 0.2) is 0 Å². The molecule has 1 aromatic carbocycles. The Kier molecular flexibility index (Phi) is 6.11. The molecule has 3 aromatic rings. The van der Waals surface area contributed by atoms with Crippen LogP contribution in [-0.4, -0.2) is 37.2 Å². The quantitative estimate of drug-likeness (QED) is 0.522. The van der Waals surface area contributed by atoms with Crippen LogP contribution in [0, 0.1) is 13.8 Å². The van der Waals surface area contributed by atoms with Gasteiger partial charge in [0.25, 0.3) is 5.91 Å². The van der Waals surface area contributed by atoms with E-state index in [0.29, 0.717) is 47.0 Å². The predicted molar refractivity (Wildman–Crippen MR) is 120 cm³/mol. The molecule has 8 heteroatoms. The number of carbonyl (C=O) groups is 1. The van der Waals surface area contributed by atoms with E-state index in [2.05, 4.69) is 12.2 Å². The molecule has 0 spiro atoms. The van der Waals surface area contributed by atoms with Gasteiger partial charge in [-0.2, -0.15) is 4.31 Å². The van der Waals surface area contributed by atoms with Gasteiger partial charge in [0.1, 0.15) is 5.76 Å². The highest BCUT2D eigenvalue weighted by molar-refractivity contribution is 7.69. The number of aryl methyl sites for hydroxylation is 1. The van der Waals surface area contributed by atoms with Crippen LogP contribution in [0.1, 0.15) is 52.4 Å². The number of fused-ring (bicyclic) bond motifs is 1. The van der Waals surface area contributed by atoms with Crippen molar-refractivity contribution in [3.63, 3.8) is 0 Å². The van der Waals surface area contributed by atoms with Gasteiger partial charge < -0.3 is 9.73 Å². The highest BCUT2D eigenvalue weighted by Crippen LogP contribution is 2.44. The number of benzene rings is 1. The standard InChI is InChI=1S/C23H26N3O4S/c1-4-11-26(31(28)29)13-19-17(15-9-10-15)12-18-20(22(27)24-3)21(30-23(18)25-19)16-7-5-14(2)6-8-16/h5-8,12,15,31H,1,4,9-11,13H2,2-3H3,(H,24,27). The maximum Gasteiger partial charge on any atom is 0.255 e. The van der Waals surface area contributed by atoms with Gasteiger partial charge >= 0.3 is 0 Å². The number of rotatable bonds is 8. The minimum absolute atomic E-state index is 0.172. The minimum atomic E-state index is -2.74. The third kappa shape index (κ3) is 4.36. The molecule has 7 nitrogen and oxygen atoms in total. The first-order valence-corrected chi connectivity index (χ1v) is 11.5. The summed E-state index contributed by atoms with van der Waals surface area (Å²) in [6, 6.07) is 9.72. The molecule has 2 aromatic heterocycles. The number of amides is 1. The van der Waals surface area contributed by atoms with E-state index in [-0.39, 0.29) is 12.5 Å². The lowest BCUT2D eigenvalue weighted by atomic mass is 10.0. The van der Waals surface area contributed by atoms with Crippen molar-refractivity contribution in [1.82, 2.24) is 14.6 Å². The van der Waals surface area contributed by atoms with Crippen LogP contribution in [0.4, 0.5) is 0 Å². The molecule has 163 valence electrons. The summed E-state index contributed by atoms with van der Waals surface area (Å²) >= 11 is 0. The number of hydrogen-bond acceptors (Lipinski definition) is 5. The lowest BCUT2D eigenvalue weighted by Gasteiger charge is -2.16. The number of carbonyl (C=O) groups excluding carboxylic acids is 1. The molecule has 1 fully saturated rings. The molecular weight excluding hydrogens is 414 g/mol. The van der Waals surface area contributed by atoms with Gasteiger partial charge in [-0.15, -0.1) is 0 Å². The van der Waals surface area contributed by atoms with E-state index in [4.69, 9.17) is 9.40 Å². The van der Waals surface area contributed by atoms with E-state index in [9.17, 15) is 13.2 Å². The molecule has 0 saturated heterocycles. The van der Waals surface area contributed by atoms with E-state index in [1.807, 2.05) is 37.3 Å². The molecule has 0 atom stereocenters. The van der Waals surface area contributed by atoms with E-state index in [1.165, 1.54) is 4.31 Å². The summed E-state index contributed by atoms with van der Waals surface area (Å²) < 4.78 is 30.8. The van der Waals surface area contributed by atoms with Crippen molar-refractivity contribution in [2.45, 2.75) is 38.6 Å². The van der Waals surface area contributed by atoms with Gasteiger partial charge in [-0.25, -0.2) is 13.4 Å². The largest absolute Gasteiger partial charge is 0.437 e. The molecule has 1 aliphatic carbocycles. The maximum absolute atomic E-state index is 12.8. The van der Waals surface area contributed by atoms with Gasteiger partial charge in [-0.1, -0.05) is 36.8 Å². The summed E-state index contributed by atoms with van der Waals surface area (Å²) in [7, 11) is -1.15. The molecule has 1 saturated carbocycles. The highest BCUT2D eigenvalue weighted by Gasteiger charge is 2.31. The van der Waals surface area contributed by atoms with Crippen LogP contribution in [0.2, 0.25) is 0 Å². The first kappa shape index (κ1) is 21.5. The van der Waals surface area contributed by atoms with Crippen molar-refractivity contribution in [3.8, 4) is 11.3 Å². The Labute approximate surface area is 183 Å². The molecule has 2 heterocycles. The van der Waals surface area contributed by atoms with Gasteiger partial charge in [-0.05, 0) is 43.7 Å². The van der Waals surface area contributed by atoms with Gasteiger partial charge in [0.2, 0.25) is 16.6 Å². The second-order valence-electron chi connectivity index (χ2n) is 7.88. The fourth-order valence-electron chi connectivity index (χ4n) is 3.78. The average molecular weight is 441 g/mol. The third-order valence-electron chi connectivity index (χ3n) is 5.56. The van der Waals surface area contributed by atoms with Crippen molar-refractivity contribution in [2.24, 2.45) is 0 Å². The SMILES string of the molecule is [CH2]CCN(Cc1nc2oc(-c3ccc(C)cc3)c(C(=O)NC)c2cc1C1CC1)[SH](=O)=O. The molecule has 0 aliphatic heterocycles. The first-order chi connectivity index (χ1) is 14.9. The van der Waals surface area contributed by atoms with E-state index < -0.39 is 10.9 Å². The van der Waals surface area contributed by atoms with Crippen LogP contribution in [0.25, 0.3) is 22.4 Å². The Balaban J connectivity index is 1.89. The molecule has 0 bridgehead atoms. The van der Waals surface area contributed by atoms with Gasteiger partial charge in [0, 0.05) is 19.2 Å². The molecule has 1 radical (unpaired) electrons. The monoisotopic (exact) mass is 440 g/mol. The maximum atomic E-state index is 12.8. The molecule has 1 N–H and O–H groups in total. The topological polar surface area (TPSA) is 92.5 Å². The smallest absolute Gasteiger partial charge is 0.255 e. The molecule has 0 unspecified atom stereocenters. The van der Waals surface area contributed by atoms with Crippen LogP contribution in [0.5, 0.6) is 0 Å². The minimum Gasteiger partial charge on any atom is -0.437 e. The molecule has 1 aliphatic rings. The van der Waals surface area contributed by atoms with Crippen molar-refractivity contribution in [1.29, 1.82) is 0 Å². The average Bonchev–Trinajstić information content (AvgIpc) is 3.53. The highest BCUT2D eigenvalue weighted by atomic mass is 32.2. The van der Waals surface area contributed by atoms with E-state index >= 15 is 0 Å². The summed E-state index contributed by atoms with van der Waals surface area (Å²) in [5.74, 6) is 0.547. The molecule has 1 amide bonds. The lowest BCUT2D eigenvalue weighted by molar-refractivity contribution is 0.0964. The fourth-order valence-corrected chi connectivity index (χ4v) is 4.34. The van der Waals surface area contributed by atoms with Crippen LogP contribution >= 0.6 is 0 Å². The van der Waals surface area contributed by atoms with Crippen molar-refractivity contribution >= 4 is 27.9 Å². The van der Waals surface area contributed by atoms with Crippen LogP contribution in [0.15, 0.2) is 34.7 Å². The number of aromatic nitrogens is 1. The zero-order valence-electron chi connectivity index (χ0n) is 17.7. The number of pyridine rings is 1. The van der Waals surface area contributed by atoms with Gasteiger partial charge in [-0.3, -0.25) is 4.79 Å². The zero-order valence-corrected chi connectivity index (χ0v) is 18.6. The Morgan fingerprint density at radius 2 is 2.00 bits per heavy atom. The van der Waals surface area contributed by atoms with Crippen molar-refractivity contribution in [3.05, 3.63) is 59.6 Å². The second kappa shape index (κ2) is 8.80. The van der Waals surface area contributed by atoms with E-state index in [1.54, 1.807) is 7.05 Å². The molecular formula is C23H26N3O4S. The van der Waals surface area contributed by atoms with Crippen LogP contribution in [0.3, 0.4) is 0 Å². The molecule has 4 rings (SSSR count). The fraction of sp³-hybridized carbons (Fsp3) is 0.348. The summed E-state index contributed by atoms with van der Waals surface area (Å²) in [6.45, 7) is 6.26. The number of nitrogens with one attached hydrogen (secondary N) is 1. The first-order valence-electron chi connectivity index (χ1n) is 10.4. The number of furan rings is 1. The van der Waals surface area contributed by atoms with E-state index in [0.717, 1.165) is 29.5 Å². The number of nitrogens with zero attached hydrogens (tertiary/aromatic N) is 2. The zero-order chi connectivity index (χ0) is 22.1.